The van der Waals surface area contributed by atoms with Gasteiger partial charge in [-0.2, -0.15) is 5.10 Å². The third-order valence-corrected chi connectivity index (χ3v) is 4.61. The first-order valence-electron chi connectivity index (χ1n) is 8.91. The average Bonchev–Trinajstić information content (AvgIpc) is 3.18. The molecule has 2 aromatic rings. The summed E-state index contributed by atoms with van der Waals surface area (Å²) in [5.41, 5.74) is 6.86. The molecule has 1 fully saturated rings. The van der Waals surface area contributed by atoms with Crippen LogP contribution >= 0.6 is 0 Å². The van der Waals surface area contributed by atoms with Crippen LogP contribution in [0.15, 0.2) is 36.9 Å². The Morgan fingerprint density at radius 3 is 2.31 bits per heavy atom. The van der Waals surface area contributed by atoms with Gasteiger partial charge in [0.2, 0.25) is 5.91 Å². The molecule has 138 valence electrons. The summed E-state index contributed by atoms with van der Waals surface area (Å²) in [6.07, 6.45) is 6.89. The van der Waals surface area contributed by atoms with E-state index in [1.807, 2.05) is 12.1 Å². The van der Waals surface area contributed by atoms with Crippen LogP contribution in [0.5, 0.6) is 0 Å². The van der Waals surface area contributed by atoms with Gasteiger partial charge in [-0.05, 0) is 49.9 Å². The van der Waals surface area contributed by atoms with Crippen LogP contribution in [-0.4, -0.2) is 45.2 Å². The molecule has 26 heavy (non-hydrogen) atoms. The lowest BCUT2D eigenvalue weighted by Gasteiger charge is -2.29. The van der Waals surface area contributed by atoms with Gasteiger partial charge in [-0.25, -0.2) is 9.67 Å². The maximum absolute atomic E-state index is 12.4. The number of hydrogen-bond acceptors (Lipinski definition) is 5. The topological polar surface area (TPSA) is 115 Å². The average molecular weight is 356 g/mol. The molecule has 1 aromatic heterocycles. The molecule has 3 rings (SSSR count). The molecule has 0 atom stereocenters. The number of rotatable bonds is 6. The van der Waals surface area contributed by atoms with Crippen molar-refractivity contribution in [1.82, 2.24) is 25.4 Å². The van der Waals surface area contributed by atoms with Gasteiger partial charge in [0.15, 0.2) is 0 Å². The molecular weight excluding hydrogens is 332 g/mol. The number of hydrogen-bond donors (Lipinski definition) is 3. The van der Waals surface area contributed by atoms with Gasteiger partial charge in [-0.1, -0.05) is 0 Å². The molecule has 1 aliphatic carbocycles. The van der Waals surface area contributed by atoms with Crippen LogP contribution in [0.2, 0.25) is 0 Å². The number of nitrogens with zero attached hydrogens (tertiary/aromatic N) is 3. The minimum absolute atomic E-state index is 0.00690. The molecule has 1 aromatic carbocycles. The lowest BCUT2D eigenvalue weighted by Crippen LogP contribution is -2.44. The molecule has 0 saturated heterocycles. The van der Waals surface area contributed by atoms with E-state index < -0.39 is 0 Å². The molecule has 1 heterocycles. The Morgan fingerprint density at radius 1 is 1.08 bits per heavy atom. The van der Waals surface area contributed by atoms with Gasteiger partial charge in [0.05, 0.1) is 5.69 Å². The van der Waals surface area contributed by atoms with E-state index in [-0.39, 0.29) is 23.9 Å². The number of carbonyl (C=O) groups excluding carboxylic acids is 2. The zero-order valence-corrected chi connectivity index (χ0v) is 14.6. The van der Waals surface area contributed by atoms with E-state index in [9.17, 15) is 9.59 Å². The van der Waals surface area contributed by atoms with Gasteiger partial charge in [-0.15, -0.1) is 0 Å². The Labute approximate surface area is 152 Å². The molecule has 1 aliphatic rings. The highest BCUT2D eigenvalue weighted by Gasteiger charge is 2.23. The third kappa shape index (κ3) is 4.66. The van der Waals surface area contributed by atoms with Crippen LogP contribution in [0.25, 0.3) is 5.69 Å². The van der Waals surface area contributed by atoms with E-state index in [1.165, 1.54) is 6.33 Å². The highest BCUT2D eigenvalue weighted by Crippen LogP contribution is 2.19. The fraction of sp³-hybridized carbons (Fsp3) is 0.444. The van der Waals surface area contributed by atoms with Crippen molar-refractivity contribution in [2.45, 2.75) is 44.2 Å². The van der Waals surface area contributed by atoms with Gasteiger partial charge < -0.3 is 16.4 Å². The highest BCUT2D eigenvalue weighted by molar-refractivity contribution is 5.94. The quantitative estimate of drug-likeness (QED) is 0.707. The number of benzene rings is 1. The monoisotopic (exact) mass is 356 g/mol. The maximum atomic E-state index is 12.4. The Morgan fingerprint density at radius 2 is 1.73 bits per heavy atom. The number of aromatic nitrogens is 3. The summed E-state index contributed by atoms with van der Waals surface area (Å²) in [6, 6.07) is 7.57. The third-order valence-electron chi connectivity index (χ3n) is 4.61. The Kier molecular flexibility index (Phi) is 5.96. The fourth-order valence-corrected chi connectivity index (χ4v) is 3.19. The molecule has 0 bridgehead atoms. The molecule has 0 spiro atoms. The van der Waals surface area contributed by atoms with E-state index in [1.54, 1.807) is 23.1 Å². The summed E-state index contributed by atoms with van der Waals surface area (Å²) in [6.45, 7) is 0.368. The largest absolute Gasteiger partial charge is 0.353 e. The van der Waals surface area contributed by atoms with Crippen molar-refractivity contribution >= 4 is 11.8 Å². The first-order chi connectivity index (χ1) is 12.7. The van der Waals surface area contributed by atoms with Gasteiger partial charge in [0.1, 0.15) is 12.7 Å². The highest BCUT2D eigenvalue weighted by atomic mass is 16.2. The number of nitrogens with one attached hydrogen (secondary N) is 2. The van der Waals surface area contributed by atoms with E-state index >= 15 is 0 Å². The van der Waals surface area contributed by atoms with Crippen molar-refractivity contribution in [2.24, 2.45) is 5.73 Å². The number of carbonyl (C=O) groups is 2. The van der Waals surface area contributed by atoms with Crippen molar-refractivity contribution < 1.29 is 9.59 Å². The Bertz CT molecular complexity index is 721. The van der Waals surface area contributed by atoms with Crippen molar-refractivity contribution in [3.05, 3.63) is 42.5 Å². The van der Waals surface area contributed by atoms with Crippen molar-refractivity contribution in [2.75, 3.05) is 6.54 Å². The molecule has 1 saturated carbocycles. The van der Waals surface area contributed by atoms with Crippen LogP contribution < -0.4 is 16.4 Å². The van der Waals surface area contributed by atoms with Crippen molar-refractivity contribution in [3.8, 4) is 5.69 Å². The minimum atomic E-state index is -0.0780. The second-order valence-corrected chi connectivity index (χ2v) is 6.52. The molecular formula is C18H24N6O2. The molecule has 0 unspecified atom stereocenters. The lowest BCUT2D eigenvalue weighted by molar-refractivity contribution is -0.121. The predicted octanol–water partition coefficient (Wildman–Crippen LogP) is 0.773. The molecule has 4 N–H and O–H groups in total. The minimum Gasteiger partial charge on any atom is -0.353 e. The molecule has 2 amide bonds. The molecule has 8 nitrogen and oxygen atoms in total. The van der Waals surface area contributed by atoms with Gasteiger partial charge in [-0.3, -0.25) is 9.59 Å². The molecule has 8 heteroatoms. The second kappa shape index (κ2) is 8.57. The zero-order chi connectivity index (χ0) is 18.4. The first-order valence-corrected chi connectivity index (χ1v) is 8.91. The van der Waals surface area contributed by atoms with Gasteiger partial charge >= 0.3 is 0 Å². The summed E-state index contributed by atoms with van der Waals surface area (Å²) in [5, 5.41) is 10.1. The van der Waals surface area contributed by atoms with Crippen LogP contribution in [0, 0.1) is 0 Å². The number of amides is 2. The second-order valence-electron chi connectivity index (χ2n) is 6.52. The van der Waals surface area contributed by atoms with Crippen LogP contribution in [0.4, 0.5) is 0 Å². The maximum Gasteiger partial charge on any atom is 0.251 e. The predicted molar refractivity (Wildman–Crippen MR) is 96.7 cm³/mol. The standard InChI is InChI=1S/C18H24N6O2/c19-10-9-17(25)22-14-3-5-15(6-4-14)23-18(26)13-1-7-16(8-2-13)24-12-20-11-21-24/h1-2,7-8,11-12,14-15H,3-6,9-10,19H2,(H,22,25)(H,23,26). The fourth-order valence-electron chi connectivity index (χ4n) is 3.19. The van der Waals surface area contributed by atoms with E-state index in [4.69, 9.17) is 5.73 Å². The van der Waals surface area contributed by atoms with E-state index in [2.05, 4.69) is 20.7 Å². The normalized spacial score (nSPS) is 19.7. The smallest absolute Gasteiger partial charge is 0.251 e. The lowest BCUT2D eigenvalue weighted by atomic mass is 9.91. The Balaban J connectivity index is 1.47. The first kappa shape index (κ1) is 18.1. The SMILES string of the molecule is NCCC(=O)NC1CCC(NC(=O)c2ccc(-n3cncn3)cc2)CC1. The van der Waals surface area contributed by atoms with Crippen LogP contribution in [0.1, 0.15) is 42.5 Å². The van der Waals surface area contributed by atoms with Crippen LogP contribution in [-0.2, 0) is 4.79 Å². The summed E-state index contributed by atoms with van der Waals surface area (Å²) in [4.78, 5) is 27.9. The Hall–Kier alpha value is -2.74. The van der Waals surface area contributed by atoms with E-state index in [0.717, 1.165) is 31.4 Å². The molecule has 0 aliphatic heterocycles. The summed E-state index contributed by atoms with van der Waals surface area (Å²) < 4.78 is 1.64. The summed E-state index contributed by atoms with van der Waals surface area (Å²) in [5.74, 6) is -0.0711. The van der Waals surface area contributed by atoms with Crippen molar-refractivity contribution in [3.63, 3.8) is 0 Å². The van der Waals surface area contributed by atoms with Gasteiger partial charge in [0.25, 0.3) is 5.91 Å². The zero-order valence-electron chi connectivity index (χ0n) is 14.6. The number of nitrogens with two attached hydrogens (primary N) is 1. The van der Waals surface area contributed by atoms with Crippen molar-refractivity contribution in [1.29, 1.82) is 0 Å². The summed E-state index contributed by atoms with van der Waals surface area (Å²) in [7, 11) is 0. The summed E-state index contributed by atoms with van der Waals surface area (Å²) >= 11 is 0. The van der Waals surface area contributed by atoms with Crippen LogP contribution in [0.3, 0.4) is 0 Å². The molecule has 0 radical (unpaired) electrons. The van der Waals surface area contributed by atoms with Gasteiger partial charge in [0, 0.05) is 30.6 Å². The van der Waals surface area contributed by atoms with E-state index in [0.29, 0.717) is 18.5 Å².